The first-order valence-corrected chi connectivity index (χ1v) is 11.7. The fourth-order valence-corrected chi connectivity index (χ4v) is 5.22. The van der Waals surface area contributed by atoms with E-state index in [1.165, 1.54) is 23.9 Å². The summed E-state index contributed by atoms with van der Waals surface area (Å²) in [6.07, 6.45) is 10.5. The van der Waals surface area contributed by atoms with Crippen LogP contribution in [0.1, 0.15) is 37.3 Å². The van der Waals surface area contributed by atoms with Crippen LogP contribution in [0.5, 0.6) is 0 Å². The Morgan fingerprint density at radius 1 is 0.970 bits per heavy atom. The number of hydrogen-bond acceptors (Lipinski definition) is 4. The number of aromatic nitrogens is 5. The number of ether oxygens (including phenoxy) is 1. The summed E-state index contributed by atoms with van der Waals surface area (Å²) >= 11 is 0. The van der Waals surface area contributed by atoms with Gasteiger partial charge in [-0.3, -0.25) is 4.98 Å². The Morgan fingerprint density at radius 2 is 1.82 bits per heavy atom. The largest absolute Gasteiger partial charge is 0.384 e. The molecule has 0 saturated heterocycles. The number of rotatable bonds is 5. The monoisotopic (exact) mass is 437 g/mol. The summed E-state index contributed by atoms with van der Waals surface area (Å²) in [4.78, 5) is 13.3. The molecule has 1 N–H and O–H groups in total. The van der Waals surface area contributed by atoms with Crippen LogP contribution in [0.2, 0.25) is 0 Å². The number of benzene rings is 1. The summed E-state index contributed by atoms with van der Waals surface area (Å²) in [5, 5.41) is 5.85. The summed E-state index contributed by atoms with van der Waals surface area (Å²) in [5.41, 5.74) is 7.18. The fraction of sp³-hybridized carbons (Fsp3) is 0.296. The third-order valence-electron chi connectivity index (χ3n) is 6.96. The van der Waals surface area contributed by atoms with E-state index < -0.39 is 0 Å². The SMILES string of the molecule is COC[C@H]1CC[C@@H](c2nc3c(-c4ccc(-c5ccccc5)nc4)cnn3c3[nH]ccc32)CC1. The van der Waals surface area contributed by atoms with Crippen LogP contribution < -0.4 is 0 Å². The van der Waals surface area contributed by atoms with Gasteiger partial charge in [-0.25, -0.2) is 4.98 Å². The van der Waals surface area contributed by atoms with E-state index in [2.05, 4.69) is 40.4 Å². The van der Waals surface area contributed by atoms with Gasteiger partial charge in [-0.05, 0) is 43.7 Å². The van der Waals surface area contributed by atoms with Gasteiger partial charge in [0.05, 0.1) is 17.6 Å². The van der Waals surface area contributed by atoms with Gasteiger partial charge in [0.15, 0.2) is 5.65 Å². The van der Waals surface area contributed by atoms with E-state index in [4.69, 9.17) is 14.7 Å². The first-order chi connectivity index (χ1) is 16.3. The summed E-state index contributed by atoms with van der Waals surface area (Å²) in [6, 6.07) is 16.6. The van der Waals surface area contributed by atoms with Crippen molar-refractivity contribution in [2.24, 2.45) is 5.92 Å². The molecule has 0 aliphatic heterocycles. The number of nitrogens with zero attached hydrogens (tertiary/aromatic N) is 4. The molecule has 1 fully saturated rings. The Balaban J connectivity index is 1.39. The van der Waals surface area contributed by atoms with Gasteiger partial charge in [0.25, 0.3) is 0 Å². The maximum absolute atomic E-state index is 5.39. The van der Waals surface area contributed by atoms with Crippen molar-refractivity contribution in [1.29, 1.82) is 0 Å². The molecule has 1 aromatic carbocycles. The molecule has 6 rings (SSSR count). The van der Waals surface area contributed by atoms with Gasteiger partial charge in [-0.1, -0.05) is 36.4 Å². The van der Waals surface area contributed by atoms with Gasteiger partial charge in [0.2, 0.25) is 0 Å². The zero-order valence-corrected chi connectivity index (χ0v) is 18.7. The Labute approximate surface area is 192 Å². The molecule has 0 atom stereocenters. The maximum atomic E-state index is 5.39. The van der Waals surface area contributed by atoms with Crippen molar-refractivity contribution in [2.45, 2.75) is 31.6 Å². The Hall–Kier alpha value is -3.51. The van der Waals surface area contributed by atoms with E-state index in [-0.39, 0.29) is 0 Å². The lowest BCUT2D eigenvalue weighted by Gasteiger charge is -2.28. The minimum absolute atomic E-state index is 0.461. The van der Waals surface area contributed by atoms with Crippen molar-refractivity contribution in [1.82, 2.24) is 24.6 Å². The van der Waals surface area contributed by atoms with Gasteiger partial charge >= 0.3 is 0 Å². The summed E-state index contributed by atoms with van der Waals surface area (Å²) < 4.78 is 7.32. The van der Waals surface area contributed by atoms with Gasteiger partial charge in [-0.15, -0.1) is 0 Å². The number of nitrogens with one attached hydrogen (secondary N) is 1. The van der Waals surface area contributed by atoms with E-state index in [1.54, 1.807) is 7.11 Å². The number of methoxy groups -OCH3 is 1. The smallest absolute Gasteiger partial charge is 0.165 e. The number of pyridine rings is 1. The Bertz CT molecular complexity index is 1380. The van der Waals surface area contributed by atoms with Gasteiger partial charge in [0, 0.05) is 54.1 Å². The first-order valence-electron chi connectivity index (χ1n) is 11.7. The van der Waals surface area contributed by atoms with E-state index in [0.717, 1.165) is 53.1 Å². The number of aromatic amines is 1. The highest BCUT2D eigenvalue weighted by atomic mass is 16.5. The lowest BCUT2D eigenvalue weighted by molar-refractivity contribution is 0.127. The number of H-pyrrole nitrogens is 1. The predicted octanol–water partition coefficient (Wildman–Crippen LogP) is 5.86. The zero-order valence-electron chi connectivity index (χ0n) is 18.7. The van der Waals surface area contributed by atoms with Gasteiger partial charge in [0.1, 0.15) is 5.65 Å². The summed E-state index contributed by atoms with van der Waals surface area (Å²) in [6.45, 7) is 0.859. The van der Waals surface area contributed by atoms with Crippen LogP contribution in [0, 0.1) is 5.92 Å². The van der Waals surface area contributed by atoms with Crippen LogP contribution in [0.4, 0.5) is 0 Å². The fourth-order valence-electron chi connectivity index (χ4n) is 5.22. The highest BCUT2D eigenvalue weighted by Crippen LogP contribution is 2.39. The van der Waals surface area contributed by atoms with E-state index in [1.807, 2.05) is 41.3 Å². The van der Waals surface area contributed by atoms with E-state index in [0.29, 0.717) is 11.8 Å². The molecule has 4 heterocycles. The normalized spacial score (nSPS) is 18.8. The second kappa shape index (κ2) is 8.45. The van der Waals surface area contributed by atoms with Crippen molar-refractivity contribution in [3.8, 4) is 22.4 Å². The molecule has 0 spiro atoms. The van der Waals surface area contributed by atoms with Crippen LogP contribution >= 0.6 is 0 Å². The third-order valence-corrected chi connectivity index (χ3v) is 6.96. The molecule has 166 valence electrons. The van der Waals surface area contributed by atoms with Crippen LogP contribution in [-0.4, -0.2) is 38.3 Å². The Kier molecular flexibility index (Phi) is 5.15. The average Bonchev–Trinajstić information content (AvgIpc) is 3.52. The van der Waals surface area contributed by atoms with Gasteiger partial charge in [-0.2, -0.15) is 9.61 Å². The van der Waals surface area contributed by atoms with Crippen molar-refractivity contribution in [3.63, 3.8) is 0 Å². The van der Waals surface area contributed by atoms with E-state index in [9.17, 15) is 0 Å². The summed E-state index contributed by atoms with van der Waals surface area (Å²) in [5.74, 6) is 1.12. The maximum Gasteiger partial charge on any atom is 0.165 e. The molecule has 33 heavy (non-hydrogen) atoms. The molecule has 0 radical (unpaired) electrons. The minimum Gasteiger partial charge on any atom is -0.384 e. The second-order valence-corrected chi connectivity index (χ2v) is 9.00. The zero-order chi connectivity index (χ0) is 22.2. The molecule has 6 nitrogen and oxygen atoms in total. The molecule has 1 saturated carbocycles. The summed E-state index contributed by atoms with van der Waals surface area (Å²) in [7, 11) is 1.80. The van der Waals surface area contributed by atoms with Crippen molar-refractivity contribution >= 4 is 16.7 Å². The van der Waals surface area contributed by atoms with E-state index >= 15 is 0 Å². The lowest BCUT2D eigenvalue weighted by atomic mass is 9.80. The molecule has 1 aliphatic carbocycles. The third kappa shape index (κ3) is 3.60. The lowest BCUT2D eigenvalue weighted by Crippen LogP contribution is -2.18. The Morgan fingerprint density at radius 3 is 2.58 bits per heavy atom. The first kappa shape index (κ1) is 20.1. The molecule has 0 amide bonds. The van der Waals surface area contributed by atoms with Crippen molar-refractivity contribution in [3.05, 3.63) is 72.8 Å². The number of hydrogen-bond donors (Lipinski definition) is 1. The van der Waals surface area contributed by atoms with Crippen molar-refractivity contribution in [2.75, 3.05) is 13.7 Å². The van der Waals surface area contributed by atoms with Gasteiger partial charge < -0.3 is 9.72 Å². The van der Waals surface area contributed by atoms with Crippen molar-refractivity contribution < 1.29 is 4.74 Å². The highest BCUT2D eigenvalue weighted by molar-refractivity contribution is 5.86. The number of fused-ring (bicyclic) bond motifs is 3. The standard InChI is InChI=1S/C27H27N5O/c1-33-17-18-7-9-20(10-8-18)25-22-13-14-28-26(22)32-27(31-25)23(16-30-32)21-11-12-24(29-15-21)19-5-3-2-4-6-19/h2-6,11-16,18,20,28H,7-10,17H2,1H3/t18-,20+. The minimum atomic E-state index is 0.461. The molecule has 0 bridgehead atoms. The van der Waals surface area contributed by atoms with Crippen LogP contribution in [0.15, 0.2) is 67.1 Å². The van der Waals surface area contributed by atoms with Crippen LogP contribution in [0.3, 0.4) is 0 Å². The average molecular weight is 438 g/mol. The molecule has 5 aromatic rings. The quantitative estimate of drug-likeness (QED) is 0.374. The topological polar surface area (TPSA) is 68.1 Å². The second-order valence-electron chi connectivity index (χ2n) is 9.00. The molecule has 1 aliphatic rings. The van der Waals surface area contributed by atoms with Crippen LogP contribution in [0.25, 0.3) is 39.1 Å². The molecular weight excluding hydrogens is 410 g/mol. The molecule has 4 aromatic heterocycles. The highest BCUT2D eigenvalue weighted by Gasteiger charge is 2.26. The molecular formula is C27H27N5O. The predicted molar refractivity (Wildman–Crippen MR) is 130 cm³/mol. The van der Waals surface area contributed by atoms with Crippen LogP contribution in [-0.2, 0) is 4.74 Å². The molecule has 6 heteroatoms. The molecule has 0 unspecified atom stereocenters.